The maximum Gasteiger partial charge on any atom is 0.407 e. The molecule has 9 heteroatoms. The minimum absolute atomic E-state index is 0.0618. The van der Waals surface area contributed by atoms with E-state index in [4.69, 9.17) is 9.47 Å². The molecule has 46 heavy (non-hydrogen) atoms. The summed E-state index contributed by atoms with van der Waals surface area (Å²) >= 11 is 0. The van der Waals surface area contributed by atoms with Gasteiger partial charge in [-0.3, -0.25) is 9.59 Å². The monoisotopic (exact) mass is 636 g/mol. The smallest absolute Gasteiger partial charge is 0.407 e. The number of fused-ring (bicyclic) bond motifs is 3. The number of aliphatic carboxylic acids is 1. The first-order valence-electron chi connectivity index (χ1n) is 16.9. The first kappa shape index (κ1) is 36.6. The van der Waals surface area contributed by atoms with Crippen molar-refractivity contribution in [3.8, 4) is 11.1 Å². The molecule has 0 saturated heterocycles. The van der Waals surface area contributed by atoms with Gasteiger partial charge in [0.25, 0.3) is 0 Å². The van der Waals surface area contributed by atoms with Gasteiger partial charge in [-0.25, -0.2) is 9.59 Å². The second kappa shape index (κ2) is 18.9. The zero-order chi connectivity index (χ0) is 33.4. The van der Waals surface area contributed by atoms with Gasteiger partial charge in [-0.05, 0) is 62.3 Å². The van der Waals surface area contributed by atoms with Gasteiger partial charge in [-0.1, -0.05) is 99.9 Å². The van der Waals surface area contributed by atoms with E-state index < -0.39 is 23.7 Å². The highest BCUT2D eigenvalue weighted by Gasteiger charge is 2.29. The average Bonchev–Trinajstić information content (AvgIpc) is 3.32. The Kier molecular flexibility index (Phi) is 15.1. The number of benzene rings is 2. The predicted molar refractivity (Wildman–Crippen MR) is 179 cm³/mol. The van der Waals surface area contributed by atoms with Gasteiger partial charge in [-0.15, -0.1) is 0 Å². The molecule has 252 valence electrons. The molecule has 9 nitrogen and oxygen atoms in total. The Morgan fingerprint density at radius 1 is 0.761 bits per heavy atom. The lowest BCUT2D eigenvalue weighted by Gasteiger charge is -2.19. The molecule has 2 aromatic rings. The normalized spacial score (nSPS) is 12.9. The quantitative estimate of drug-likeness (QED) is 0.101. The van der Waals surface area contributed by atoms with Crippen molar-refractivity contribution in [3.05, 3.63) is 59.7 Å². The summed E-state index contributed by atoms with van der Waals surface area (Å²) in [5.41, 5.74) is 3.97. The number of amides is 2. The van der Waals surface area contributed by atoms with Crippen LogP contribution in [0.1, 0.15) is 121 Å². The highest BCUT2D eigenvalue weighted by molar-refractivity contribution is 5.81. The van der Waals surface area contributed by atoms with Gasteiger partial charge in [0, 0.05) is 25.3 Å². The molecular formula is C37H52N2O7. The molecule has 0 heterocycles. The maximum atomic E-state index is 12.5. The van der Waals surface area contributed by atoms with Gasteiger partial charge >= 0.3 is 18.0 Å². The number of rotatable bonds is 20. The lowest BCUT2D eigenvalue weighted by molar-refractivity contribution is -0.155. The first-order chi connectivity index (χ1) is 22.0. The molecule has 3 rings (SSSR count). The Bertz CT molecular complexity index is 1240. The molecule has 1 atom stereocenters. The fourth-order valence-corrected chi connectivity index (χ4v) is 5.85. The lowest BCUT2D eigenvalue weighted by Crippen LogP contribution is -2.43. The molecule has 2 amide bonds. The Morgan fingerprint density at radius 2 is 1.26 bits per heavy atom. The summed E-state index contributed by atoms with van der Waals surface area (Å²) in [6, 6.07) is 14.8. The van der Waals surface area contributed by atoms with Crippen LogP contribution in [0.2, 0.25) is 0 Å². The molecule has 0 aromatic heterocycles. The third-order valence-corrected chi connectivity index (χ3v) is 8.14. The second-order valence-electron chi connectivity index (χ2n) is 13.1. The van der Waals surface area contributed by atoms with Crippen LogP contribution in [0, 0.1) is 0 Å². The molecular weight excluding hydrogens is 584 g/mol. The summed E-state index contributed by atoms with van der Waals surface area (Å²) in [6.07, 6.45) is 10.7. The van der Waals surface area contributed by atoms with Crippen LogP contribution in [-0.4, -0.2) is 53.8 Å². The minimum Gasteiger partial charge on any atom is -0.480 e. The van der Waals surface area contributed by atoms with E-state index in [1.807, 2.05) is 69.3 Å². The molecule has 1 aliphatic carbocycles. The van der Waals surface area contributed by atoms with E-state index in [9.17, 15) is 24.3 Å². The first-order valence-corrected chi connectivity index (χ1v) is 16.9. The summed E-state index contributed by atoms with van der Waals surface area (Å²) in [5, 5.41) is 14.8. The zero-order valence-corrected chi connectivity index (χ0v) is 27.8. The highest BCUT2D eigenvalue weighted by atomic mass is 16.6. The summed E-state index contributed by atoms with van der Waals surface area (Å²) in [4.78, 5) is 48.2. The summed E-state index contributed by atoms with van der Waals surface area (Å²) in [7, 11) is 0. The summed E-state index contributed by atoms with van der Waals surface area (Å²) < 4.78 is 10.8. The average molecular weight is 637 g/mol. The molecule has 1 unspecified atom stereocenters. The Morgan fingerprint density at radius 3 is 1.78 bits per heavy atom. The molecule has 0 saturated carbocycles. The highest BCUT2D eigenvalue weighted by Crippen LogP contribution is 2.44. The van der Waals surface area contributed by atoms with E-state index in [-0.39, 0.29) is 37.4 Å². The number of carbonyl (C=O) groups is 4. The van der Waals surface area contributed by atoms with Crippen LogP contribution in [0.4, 0.5) is 4.79 Å². The maximum absolute atomic E-state index is 12.5. The van der Waals surface area contributed by atoms with Crippen molar-refractivity contribution >= 4 is 23.9 Å². The Hall–Kier alpha value is -3.88. The number of esters is 1. The fourth-order valence-electron chi connectivity index (χ4n) is 5.85. The molecule has 0 bridgehead atoms. The molecule has 0 fully saturated rings. The molecule has 0 radical (unpaired) electrons. The number of nitrogens with one attached hydrogen (secondary N) is 2. The third-order valence-electron chi connectivity index (χ3n) is 8.14. The van der Waals surface area contributed by atoms with Gasteiger partial charge < -0.3 is 25.2 Å². The van der Waals surface area contributed by atoms with Crippen LogP contribution in [0.5, 0.6) is 0 Å². The number of hydrogen-bond donors (Lipinski definition) is 3. The van der Waals surface area contributed by atoms with Gasteiger partial charge in [-0.2, -0.15) is 0 Å². The van der Waals surface area contributed by atoms with Gasteiger partial charge in [0.1, 0.15) is 18.2 Å². The van der Waals surface area contributed by atoms with E-state index >= 15 is 0 Å². The van der Waals surface area contributed by atoms with Crippen molar-refractivity contribution < 1.29 is 33.8 Å². The van der Waals surface area contributed by atoms with Gasteiger partial charge in [0.05, 0.1) is 0 Å². The van der Waals surface area contributed by atoms with Crippen molar-refractivity contribution in [2.24, 2.45) is 0 Å². The van der Waals surface area contributed by atoms with Gasteiger partial charge in [0.15, 0.2) is 0 Å². The van der Waals surface area contributed by atoms with E-state index in [1.165, 1.54) is 19.3 Å². The Labute approximate surface area is 273 Å². The number of carboxylic acid groups (broad SMARTS) is 1. The number of carbonyl (C=O) groups excluding carboxylic acids is 3. The van der Waals surface area contributed by atoms with Crippen LogP contribution in [0.25, 0.3) is 11.1 Å². The van der Waals surface area contributed by atoms with Crippen LogP contribution in [0.3, 0.4) is 0 Å². The lowest BCUT2D eigenvalue weighted by atomic mass is 9.98. The van der Waals surface area contributed by atoms with Gasteiger partial charge in [0.2, 0.25) is 5.91 Å². The van der Waals surface area contributed by atoms with Crippen LogP contribution >= 0.6 is 0 Å². The molecule has 1 aliphatic rings. The third kappa shape index (κ3) is 12.9. The Balaban J connectivity index is 1.20. The minimum atomic E-state index is -1.18. The van der Waals surface area contributed by atoms with E-state index in [1.54, 1.807) is 0 Å². The molecule has 3 N–H and O–H groups in total. The number of unbranched alkanes of at least 4 members (excludes halogenated alkanes) is 9. The van der Waals surface area contributed by atoms with Crippen molar-refractivity contribution in [2.45, 2.75) is 122 Å². The summed E-state index contributed by atoms with van der Waals surface area (Å²) in [6.45, 7) is 5.91. The number of ether oxygens (including phenoxy) is 2. The SMILES string of the molecule is CC(C)(C)OC(=O)CCCCCCCCCCCCC(=O)NCCC(NC(=O)OCC1c2ccccc2-c2ccccc21)C(=O)O. The number of hydrogen-bond acceptors (Lipinski definition) is 6. The van der Waals surface area contributed by atoms with E-state index in [2.05, 4.69) is 10.6 Å². The van der Waals surface area contributed by atoms with Crippen molar-refractivity contribution in [1.82, 2.24) is 10.6 Å². The molecule has 0 spiro atoms. The van der Waals surface area contributed by atoms with Crippen LogP contribution < -0.4 is 10.6 Å². The number of carboxylic acids is 1. The zero-order valence-electron chi connectivity index (χ0n) is 27.8. The van der Waals surface area contributed by atoms with Crippen LogP contribution in [0.15, 0.2) is 48.5 Å². The van der Waals surface area contributed by atoms with E-state index in [0.29, 0.717) is 12.8 Å². The van der Waals surface area contributed by atoms with Crippen molar-refractivity contribution in [2.75, 3.05) is 13.2 Å². The standard InChI is InChI=1S/C37H52N2O7/c1-37(2,3)46-34(41)23-13-11-9-7-5-4-6-8-10-12-22-33(40)38-25-24-32(35(42)43)39-36(44)45-26-31-29-20-16-14-18-27(29)28-19-15-17-21-30(28)31/h14-21,31-32H,4-13,22-26H2,1-3H3,(H,38,40)(H,39,44)(H,42,43). The van der Waals surface area contributed by atoms with Crippen molar-refractivity contribution in [1.29, 1.82) is 0 Å². The topological polar surface area (TPSA) is 131 Å². The number of alkyl carbamates (subject to hydrolysis) is 1. The summed E-state index contributed by atoms with van der Waals surface area (Å²) in [5.74, 6) is -1.52. The largest absolute Gasteiger partial charge is 0.480 e. The van der Waals surface area contributed by atoms with Crippen molar-refractivity contribution in [3.63, 3.8) is 0 Å². The fraction of sp³-hybridized carbons (Fsp3) is 0.568. The molecule has 0 aliphatic heterocycles. The van der Waals surface area contributed by atoms with Crippen LogP contribution in [-0.2, 0) is 23.9 Å². The predicted octanol–water partition coefficient (Wildman–Crippen LogP) is 7.51. The second-order valence-corrected chi connectivity index (χ2v) is 13.1. The van der Waals surface area contributed by atoms with E-state index in [0.717, 1.165) is 67.2 Å². The molecule has 2 aromatic carbocycles.